The molecule has 202 valence electrons. The summed E-state index contributed by atoms with van der Waals surface area (Å²) in [6.07, 6.45) is 4.89. The van der Waals surface area contributed by atoms with E-state index in [9.17, 15) is 14.4 Å². The van der Waals surface area contributed by atoms with Crippen LogP contribution < -0.4 is 4.74 Å². The molecule has 2 atom stereocenters. The third kappa shape index (κ3) is 4.96. The molecular weight excluding hydrogens is 482 g/mol. The molecule has 3 amide bonds. The number of rotatable bonds is 5. The lowest BCUT2D eigenvalue weighted by atomic mass is 9.77. The van der Waals surface area contributed by atoms with Crippen LogP contribution in [0.4, 0.5) is 4.79 Å². The van der Waals surface area contributed by atoms with Gasteiger partial charge in [-0.25, -0.2) is 4.79 Å². The minimum atomic E-state index is -0.534. The van der Waals surface area contributed by atoms with Crippen molar-refractivity contribution >= 4 is 17.9 Å². The van der Waals surface area contributed by atoms with E-state index in [1.807, 2.05) is 58.3 Å². The Balaban J connectivity index is 1.53. The van der Waals surface area contributed by atoms with E-state index < -0.39 is 12.0 Å². The van der Waals surface area contributed by atoms with E-state index in [1.165, 1.54) is 6.42 Å². The molecule has 1 saturated carbocycles. The van der Waals surface area contributed by atoms with Crippen molar-refractivity contribution in [2.75, 3.05) is 39.9 Å². The van der Waals surface area contributed by atoms with Crippen molar-refractivity contribution in [3.63, 3.8) is 0 Å². The van der Waals surface area contributed by atoms with Gasteiger partial charge < -0.3 is 24.2 Å². The van der Waals surface area contributed by atoms with Gasteiger partial charge >= 0.3 is 6.09 Å². The minimum Gasteiger partial charge on any atom is -0.497 e. The van der Waals surface area contributed by atoms with Gasteiger partial charge in [0.2, 0.25) is 5.91 Å². The lowest BCUT2D eigenvalue weighted by molar-refractivity contribution is -0.136. The fourth-order valence-corrected chi connectivity index (χ4v) is 6.25. The fourth-order valence-electron chi connectivity index (χ4n) is 6.25. The Morgan fingerprint density at radius 3 is 2.21 bits per heavy atom. The Hall–Kier alpha value is -3.55. The molecule has 0 bridgehead atoms. The summed E-state index contributed by atoms with van der Waals surface area (Å²) in [4.78, 5) is 46.2. The van der Waals surface area contributed by atoms with Gasteiger partial charge in [-0.15, -0.1) is 0 Å². The molecule has 2 heterocycles. The van der Waals surface area contributed by atoms with Gasteiger partial charge in [0.25, 0.3) is 5.91 Å². The second kappa shape index (κ2) is 11.5. The van der Waals surface area contributed by atoms with E-state index in [2.05, 4.69) is 0 Å². The largest absolute Gasteiger partial charge is 0.497 e. The van der Waals surface area contributed by atoms with Crippen LogP contribution in [0, 0.1) is 0 Å². The smallest absolute Gasteiger partial charge is 0.409 e. The van der Waals surface area contributed by atoms with Crippen LogP contribution in [0.25, 0.3) is 0 Å². The number of hydrogen-bond acceptors (Lipinski definition) is 5. The number of ether oxygens (including phenoxy) is 2. The highest BCUT2D eigenvalue weighted by atomic mass is 16.6. The Bertz CT molecular complexity index is 1150. The molecule has 8 nitrogen and oxygen atoms in total. The number of piperazine rings is 1. The van der Waals surface area contributed by atoms with Gasteiger partial charge in [-0.1, -0.05) is 49.6 Å². The van der Waals surface area contributed by atoms with Gasteiger partial charge in [-0.3, -0.25) is 9.59 Å². The predicted octanol–water partition coefficient (Wildman–Crippen LogP) is 4.61. The van der Waals surface area contributed by atoms with Gasteiger partial charge in [-0.05, 0) is 49.1 Å². The maximum atomic E-state index is 14.4. The molecule has 3 aliphatic rings. The molecule has 2 aliphatic heterocycles. The molecule has 8 heteroatoms. The van der Waals surface area contributed by atoms with Gasteiger partial charge in [0.15, 0.2) is 0 Å². The number of fused-ring (bicyclic) bond motifs is 1. The zero-order valence-corrected chi connectivity index (χ0v) is 22.3. The molecule has 5 rings (SSSR count). The van der Waals surface area contributed by atoms with Crippen LogP contribution in [0.1, 0.15) is 72.5 Å². The van der Waals surface area contributed by atoms with Crippen LogP contribution in [0.3, 0.4) is 0 Å². The first-order valence-corrected chi connectivity index (χ1v) is 13.8. The van der Waals surface area contributed by atoms with Crippen LogP contribution in [0.15, 0.2) is 48.5 Å². The Kier molecular flexibility index (Phi) is 7.86. The molecule has 1 saturated heterocycles. The molecule has 0 spiro atoms. The number of methoxy groups -OCH3 is 1. The second-order valence-electron chi connectivity index (χ2n) is 10.3. The van der Waals surface area contributed by atoms with Crippen molar-refractivity contribution in [2.24, 2.45) is 0 Å². The Labute approximate surface area is 224 Å². The number of carbonyl (C=O) groups excluding carboxylic acids is 3. The normalized spacial score (nSPS) is 22.2. The average molecular weight is 520 g/mol. The molecule has 2 fully saturated rings. The van der Waals surface area contributed by atoms with E-state index in [-0.39, 0.29) is 23.9 Å². The first-order valence-electron chi connectivity index (χ1n) is 13.8. The summed E-state index contributed by atoms with van der Waals surface area (Å²) in [5, 5.41) is 0. The van der Waals surface area contributed by atoms with E-state index >= 15 is 0 Å². The van der Waals surface area contributed by atoms with E-state index in [4.69, 9.17) is 9.47 Å². The molecule has 1 aliphatic carbocycles. The Morgan fingerprint density at radius 1 is 0.895 bits per heavy atom. The highest BCUT2D eigenvalue weighted by Crippen LogP contribution is 2.46. The van der Waals surface area contributed by atoms with Gasteiger partial charge in [0, 0.05) is 37.8 Å². The lowest BCUT2D eigenvalue weighted by Crippen LogP contribution is -2.55. The Morgan fingerprint density at radius 2 is 1.55 bits per heavy atom. The van der Waals surface area contributed by atoms with Gasteiger partial charge in [0.05, 0.1) is 25.7 Å². The molecule has 2 aromatic rings. The van der Waals surface area contributed by atoms with Crippen molar-refractivity contribution in [1.29, 1.82) is 0 Å². The number of hydrogen-bond donors (Lipinski definition) is 0. The number of benzene rings is 2. The zero-order chi connectivity index (χ0) is 26.6. The van der Waals surface area contributed by atoms with Crippen LogP contribution in [0.2, 0.25) is 0 Å². The third-order valence-corrected chi connectivity index (χ3v) is 8.19. The van der Waals surface area contributed by atoms with Crippen LogP contribution in [0.5, 0.6) is 5.75 Å². The van der Waals surface area contributed by atoms with Gasteiger partial charge in [0.1, 0.15) is 5.75 Å². The highest BCUT2D eigenvalue weighted by molar-refractivity contribution is 6.01. The molecule has 0 N–H and O–H groups in total. The number of nitrogens with zero attached hydrogens (tertiary/aromatic N) is 3. The van der Waals surface area contributed by atoms with Crippen LogP contribution >= 0.6 is 0 Å². The van der Waals surface area contributed by atoms with E-state index in [0.717, 1.165) is 42.6 Å². The summed E-state index contributed by atoms with van der Waals surface area (Å²) in [5.74, 6) is 0.200. The van der Waals surface area contributed by atoms with Crippen LogP contribution in [-0.2, 0) is 9.53 Å². The summed E-state index contributed by atoms with van der Waals surface area (Å²) >= 11 is 0. The first-order chi connectivity index (χ1) is 18.5. The topological polar surface area (TPSA) is 79.4 Å². The molecule has 0 aromatic heterocycles. The summed E-state index contributed by atoms with van der Waals surface area (Å²) < 4.78 is 10.6. The summed E-state index contributed by atoms with van der Waals surface area (Å²) in [7, 11) is 1.63. The molecule has 0 unspecified atom stereocenters. The van der Waals surface area contributed by atoms with Gasteiger partial charge in [-0.2, -0.15) is 0 Å². The summed E-state index contributed by atoms with van der Waals surface area (Å²) in [6, 6.07) is 15.0. The van der Waals surface area contributed by atoms with Crippen molar-refractivity contribution in [2.45, 2.75) is 57.0 Å². The standard InChI is InChI=1S/C30H37N3O5/c1-3-38-30(36)32-19-17-31(18-20-32)29(35)26-24-11-7-8-12-25(24)28(34)33(22-9-5-4-6-10-22)27(26)21-13-15-23(37-2)16-14-21/h7-8,11-16,22,26-27H,3-6,9-10,17-20H2,1-2H3/t26-,27+/m1/s1. The monoisotopic (exact) mass is 519 g/mol. The summed E-state index contributed by atoms with van der Waals surface area (Å²) in [6.45, 7) is 3.84. The first kappa shape index (κ1) is 26.1. The lowest BCUT2D eigenvalue weighted by Gasteiger charge is -2.48. The second-order valence-corrected chi connectivity index (χ2v) is 10.3. The SMILES string of the molecule is CCOC(=O)N1CCN(C(=O)[C@@H]2c3ccccc3C(=O)N(C3CCCCC3)[C@H]2c2ccc(OC)cc2)CC1. The minimum absolute atomic E-state index is 0.00417. The highest BCUT2D eigenvalue weighted by Gasteiger charge is 2.48. The maximum absolute atomic E-state index is 14.4. The third-order valence-electron chi connectivity index (χ3n) is 8.19. The average Bonchev–Trinajstić information content (AvgIpc) is 2.97. The van der Waals surface area contributed by atoms with Crippen molar-refractivity contribution in [3.05, 3.63) is 65.2 Å². The number of carbonyl (C=O) groups is 3. The predicted molar refractivity (Wildman–Crippen MR) is 143 cm³/mol. The molecular formula is C30H37N3O5. The molecule has 2 aromatic carbocycles. The maximum Gasteiger partial charge on any atom is 0.409 e. The number of amides is 3. The summed E-state index contributed by atoms with van der Waals surface area (Å²) in [5.41, 5.74) is 2.33. The van der Waals surface area contributed by atoms with E-state index in [0.29, 0.717) is 38.3 Å². The fraction of sp³-hybridized carbons (Fsp3) is 0.500. The van der Waals surface area contributed by atoms with Crippen molar-refractivity contribution in [3.8, 4) is 5.75 Å². The quantitative estimate of drug-likeness (QED) is 0.577. The van der Waals surface area contributed by atoms with Crippen molar-refractivity contribution in [1.82, 2.24) is 14.7 Å². The van der Waals surface area contributed by atoms with Crippen LogP contribution in [-0.4, -0.2) is 78.5 Å². The zero-order valence-electron chi connectivity index (χ0n) is 22.3. The molecule has 0 radical (unpaired) electrons. The molecule has 38 heavy (non-hydrogen) atoms. The van der Waals surface area contributed by atoms with E-state index in [1.54, 1.807) is 18.9 Å². The van der Waals surface area contributed by atoms with Crippen molar-refractivity contribution < 1.29 is 23.9 Å².